The molecule has 0 saturated heterocycles. The summed E-state index contributed by atoms with van der Waals surface area (Å²) in [5.74, 6) is -0.836. The number of imidazole rings is 1. The van der Waals surface area contributed by atoms with Crippen molar-refractivity contribution in [1.82, 2.24) is 9.38 Å². The van der Waals surface area contributed by atoms with Crippen LogP contribution in [0, 0.1) is 12.7 Å². The van der Waals surface area contributed by atoms with Crippen LogP contribution in [0.5, 0.6) is 0 Å². The van der Waals surface area contributed by atoms with Crippen molar-refractivity contribution in [2.24, 2.45) is 0 Å². The molecule has 2 aromatic carbocycles. The zero-order valence-electron chi connectivity index (χ0n) is 15.7. The van der Waals surface area contributed by atoms with Gasteiger partial charge in [0.15, 0.2) is 5.78 Å². The lowest BCUT2D eigenvalue weighted by atomic mass is 10.0. The lowest BCUT2D eigenvalue weighted by Gasteiger charge is -2.07. The van der Waals surface area contributed by atoms with Gasteiger partial charge in [0, 0.05) is 23.9 Å². The van der Waals surface area contributed by atoms with Crippen molar-refractivity contribution in [1.29, 1.82) is 0 Å². The van der Waals surface area contributed by atoms with Gasteiger partial charge >= 0.3 is 0 Å². The maximum atomic E-state index is 13.5. The number of hydrogen-bond acceptors (Lipinski definition) is 3. The highest BCUT2D eigenvalue weighted by molar-refractivity contribution is 6.04. The summed E-state index contributed by atoms with van der Waals surface area (Å²) in [6.07, 6.45) is 2.82. The fourth-order valence-electron chi connectivity index (χ4n) is 3.05. The minimum atomic E-state index is -0.437. The fourth-order valence-corrected chi connectivity index (χ4v) is 3.05. The van der Waals surface area contributed by atoms with Crippen molar-refractivity contribution in [2.45, 2.75) is 13.3 Å². The van der Waals surface area contributed by atoms with Crippen molar-refractivity contribution in [3.05, 3.63) is 101 Å². The molecule has 4 aromatic rings. The molecule has 0 spiro atoms. The number of fused-ring (bicyclic) bond motifs is 1. The predicted octanol–water partition coefficient (Wildman–Crippen LogP) is 4.46. The van der Waals surface area contributed by atoms with Gasteiger partial charge in [-0.2, -0.15) is 0 Å². The molecule has 0 unspecified atom stereocenters. The number of rotatable bonds is 5. The quantitative estimate of drug-likeness (QED) is 0.514. The molecule has 6 heteroatoms. The van der Waals surface area contributed by atoms with Crippen molar-refractivity contribution in [3.8, 4) is 0 Å². The number of nitrogens with one attached hydrogen (secondary N) is 1. The number of aromatic nitrogens is 2. The average Bonchev–Trinajstić information content (AvgIpc) is 3.13. The standard InChI is InChI=1S/C23H18FN3O2/c1-15-2-9-19(10-3-15)26-23(29)17-6-4-16(5-7-17)12-21(28)20-13-25-22-11-8-18(24)14-27(20)22/h2-11,13-14H,12H2,1H3,(H,26,29). The normalized spacial score (nSPS) is 10.8. The number of hydrogen-bond donors (Lipinski definition) is 1. The zero-order chi connectivity index (χ0) is 20.4. The van der Waals surface area contributed by atoms with E-state index in [9.17, 15) is 14.0 Å². The zero-order valence-corrected chi connectivity index (χ0v) is 15.7. The fraction of sp³-hybridized carbons (Fsp3) is 0.0870. The highest BCUT2D eigenvalue weighted by Gasteiger charge is 2.14. The molecule has 0 saturated carbocycles. The minimum absolute atomic E-state index is 0.129. The number of carbonyl (C=O) groups excluding carboxylic acids is 2. The number of halogens is 1. The van der Waals surface area contributed by atoms with Crippen LogP contribution in [-0.4, -0.2) is 21.1 Å². The van der Waals surface area contributed by atoms with Crippen LogP contribution in [0.15, 0.2) is 73.1 Å². The maximum absolute atomic E-state index is 13.5. The number of nitrogens with zero attached hydrogens (tertiary/aromatic N) is 2. The van der Waals surface area contributed by atoms with Gasteiger partial charge < -0.3 is 5.32 Å². The molecular formula is C23H18FN3O2. The van der Waals surface area contributed by atoms with Gasteiger partial charge in [-0.1, -0.05) is 29.8 Å². The highest BCUT2D eigenvalue weighted by Crippen LogP contribution is 2.14. The monoisotopic (exact) mass is 387 g/mol. The van der Waals surface area contributed by atoms with Crippen LogP contribution in [0.4, 0.5) is 10.1 Å². The van der Waals surface area contributed by atoms with Gasteiger partial charge in [-0.3, -0.25) is 14.0 Å². The van der Waals surface area contributed by atoms with Crippen LogP contribution in [0.3, 0.4) is 0 Å². The number of ketones is 1. The van der Waals surface area contributed by atoms with Crippen molar-refractivity contribution in [3.63, 3.8) is 0 Å². The third-order valence-corrected chi connectivity index (χ3v) is 4.65. The molecule has 2 heterocycles. The van der Waals surface area contributed by atoms with Gasteiger partial charge in [0.1, 0.15) is 17.2 Å². The second-order valence-corrected chi connectivity index (χ2v) is 6.84. The summed E-state index contributed by atoms with van der Waals surface area (Å²) in [6, 6.07) is 17.2. The minimum Gasteiger partial charge on any atom is -0.322 e. The van der Waals surface area contributed by atoms with E-state index in [0.717, 1.165) is 16.8 Å². The molecule has 1 N–H and O–H groups in total. The van der Waals surface area contributed by atoms with E-state index in [1.54, 1.807) is 24.3 Å². The van der Waals surface area contributed by atoms with E-state index in [0.29, 0.717) is 16.9 Å². The molecule has 29 heavy (non-hydrogen) atoms. The van der Waals surface area contributed by atoms with Crippen molar-refractivity contribution in [2.75, 3.05) is 5.32 Å². The topological polar surface area (TPSA) is 63.5 Å². The number of benzene rings is 2. The number of anilines is 1. The Bertz CT molecular complexity index is 1200. The predicted molar refractivity (Wildman–Crippen MR) is 109 cm³/mol. The Morgan fingerprint density at radius 1 is 1.00 bits per heavy atom. The molecule has 1 amide bonds. The van der Waals surface area contributed by atoms with E-state index in [-0.39, 0.29) is 18.1 Å². The molecule has 0 aliphatic rings. The van der Waals surface area contributed by atoms with Crippen LogP contribution in [0.2, 0.25) is 0 Å². The first kappa shape index (κ1) is 18.6. The Hall–Kier alpha value is -3.80. The Labute approximate surface area is 166 Å². The molecule has 0 fully saturated rings. The number of Topliss-reactive ketones (excluding diaryl/α,β-unsaturated/α-hetero) is 1. The number of pyridine rings is 1. The van der Waals surface area contributed by atoms with E-state index >= 15 is 0 Å². The third kappa shape index (κ3) is 4.06. The average molecular weight is 387 g/mol. The van der Waals surface area contributed by atoms with Gasteiger partial charge in [-0.15, -0.1) is 0 Å². The van der Waals surface area contributed by atoms with Crippen LogP contribution in [0.25, 0.3) is 5.65 Å². The molecule has 2 aromatic heterocycles. The molecule has 0 aliphatic carbocycles. The first-order valence-electron chi connectivity index (χ1n) is 9.12. The van der Waals surface area contributed by atoms with Crippen molar-refractivity contribution >= 4 is 23.0 Å². The number of amides is 1. The number of carbonyl (C=O) groups is 2. The summed E-state index contributed by atoms with van der Waals surface area (Å²) in [5.41, 5.74) is 3.93. The van der Waals surface area contributed by atoms with Gasteiger partial charge in [0.25, 0.3) is 5.91 Å². The van der Waals surface area contributed by atoms with E-state index in [1.165, 1.54) is 28.9 Å². The first-order valence-corrected chi connectivity index (χ1v) is 9.12. The lowest BCUT2D eigenvalue weighted by Crippen LogP contribution is -2.12. The Morgan fingerprint density at radius 3 is 2.45 bits per heavy atom. The Morgan fingerprint density at radius 2 is 1.72 bits per heavy atom. The second kappa shape index (κ2) is 7.67. The molecule has 144 valence electrons. The summed E-state index contributed by atoms with van der Waals surface area (Å²) in [5, 5.41) is 2.84. The largest absolute Gasteiger partial charge is 0.322 e. The second-order valence-electron chi connectivity index (χ2n) is 6.84. The lowest BCUT2D eigenvalue weighted by molar-refractivity contribution is 0.0986. The van der Waals surface area contributed by atoms with Crippen LogP contribution >= 0.6 is 0 Å². The van der Waals surface area contributed by atoms with Gasteiger partial charge in [-0.25, -0.2) is 9.37 Å². The van der Waals surface area contributed by atoms with Crippen molar-refractivity contribution < 1.29 is 14.0 Å². The Kier molecular flexibility index (Phi) is 4.91. The van der Waals surface area contributed by atoms with E-state index in [4.69, 9.17) is 0 Å². The molecule has 0 bridgehead atoms. The summed E-state index contributed by atoms with van der Waals surface area (Å²) >= 11 is 0. The molecule has 4 rings (SSSR count). The molecule has 5 nitrogen and oxygen atoms in total. The smallest absolute Gasteiger partial charge is 0.255 e. The number of aryl methyl sites for hydroxylation is 1. The third-order valence-electron chi connectivity index (χ3n) is 4.65. The SMILES string of the molecule is Cc1ccc(NC(=O)c2ccc(CC(=O)c3cnc4ccc(F)cn34)cc2)cc1. The summed E-state index contributed by atoms with van der Waals surface area (Å²) in [6.45, 7) is 1.98. The molecular weight excluding hydrogens is 369 g/mol. The van der Waals surface area contributed by atoms with Crippen LogP contribution in [0.1, 0.15) is 32.0 Å². The van der Waals surface area contributed by atoms with E-state index < -0.39 is 5.82 Å². The van der Waals surface area contributed by atoms with Gasteiger partial charge in [0.2, 0.25) is 0 Å². The molecule has 0 atom stereocenters. The van der Waals surface area contributed by atoms with E-state index in [2.05, 4.69) is 10.3 Å². The van der Waals surface area contributed by atoms with Crippen LogP contribution in [-0.2, 0) is 6.42 Å². The van der Waals surface area contributed by atoms with E-state index in [1.807, 2.05) is 31.2 Å². The first-order chi connectivity index (χ1) is 14.0. The van der Waals surface area contributed by atoms with Gasteiger partial charge in [-0.05, 0) is 48.9 Å². The molecule has 0 aliphatic heterocycles. The Balaban J connectivity index is 1.46. The summed E-state index contributed by atoms with van der Waals surface area (Å²) in [4.78, 5) is 29.1. The summed E-state index contributed by atoms with van der Waals surface area (Å²) < 4.78 is 14.9. The van der Waals surface area contributed by atoms with Crippen LogP contribution < -0.4 is 5.32 Å². The highest BCUT2D eigenvalue weighted by atomic mass is 19.1. The summed E-state index contributed by atoms with van der Waals surface area (Å²) in [7, 11) is 0. The van der Waals surface area contributed by atoms with Gasteiger partial charge in [0.05, 0.1) is 6.20 Å². The molecule has 0 radical (unpaired) electrons. The maximum Gasteiger partial charge on any atom is 0.255 e.